The molecule has 10 nitrogen and oxygen atoms in total. The summed E-state index contributed by atoms with van der Waals surface area (Å²) in [7, 11) is 1.47. The van der Waals surface area contributed by atoms with Crippen molar-refractivity contribution in [2.45, 2.75) is 122 Å². The fourth-order valence-corrected chi connectivity index (χ4v) is 5.00. The minimum atomic E-state index is -4.33. The van der Waals surface area contributed by atoms with Crippen LogP contribution in [-0.4, -0.2) is 87.6 Å². The summed E-state index contributed by atoms with van der Waals surface area (Å²) in [6.45, 7) is 2.94. The monoisotopic (exact) mass is 634 g/mol. The van der Waals surface area contributed by atoms with Gasteiger partial charge in [-0.05, 0) is 25.0 Å². The van der Waals surface area contributed by atoms with Gasteiger partial charge in [0.15, 0.2) is 5.78 Å². The SMILES string of the molecule is CCCCCCCCCCCCCCCCOC[C@H](COP(=O)(O)OCC[N+](C)(C)C)OC(=O)CCCC(=O)/C=C/C=O. The van der Waals surface area contributed by atoms with Crippen LogP contribution >= 0.6 is 7.82 Å². The zero-order valence-electron chi connectivity index (χ0n) is 27.5. The zero-order chi connectivity index (χ0) is 32.2. The summed E-state index contributed by atoms with van der Waals surface area (Å²) in [6, 6.07) is 0. The Morgan fingerprint density at radius 3 is 1.86 bits per heavy atom. The Morgan fingerprint density at radius 2 is 1.33 bits per heavy atom. The number of unbranched alkanes of at least 4 members (excludes halogenated alkanes) is 13. The molecule has 0 heterocycles. The molecule has 0 aromatic carbocycles. The number of quaternary nitrogens is 1. The first kappa shape index (κ1) is 41.6. The van der Waals surface area contributed by atoms with Gasteiger partial charge in [0.1, 0.15) is 25.5 Å². The highest BCUT2D eigenvalue weighted by atomic mass is 31.2. The van der Waals surface area contributed by atoms with Crippen LogP contribution in [0.15, 0.2) is 12.2 Å². The number of esters is 1. The Morgan fingerprint density at radius 1 is 0.767 bits per heavy atom. The predicted molar refractivity (Wildman–Crippen MR) is 170 cm³/mol. The van der Waals surface area contributed by atoms with Crippen molar-refractivity contribution in [2.24, 2.45) is 0 Å². The molecule has 252 valence electrons. The molecule has 0 fully saturated rings. The van der Waals surface area contributed by atoms with E-state index in [9.17, 15) is 23.8 Å². The quantitative estimate of drug-likeness (QED) is 0.0221. The minimum absolute atomic E-state index is 0.0179. The maximum absolute atomic E-state index is 12.3. The highest BCUT2D eigenvalue weighted by Gasteiger charge is 2.26. The second-order valence-corrected chi connectivity index (χ2v) is 13.7. The lowest BCUT2D eigenvalue weighted by Gasteiger charge is -2.24. The predicted octanol–water partition coefficient (Wildman–Crippen LogP) is 6.73. The van der Waals surface area contributed by atoms with E-state index >= 15 is 0 Å². The Hall–Kier alpha value is -1.42. The highest BCUT2D eigenvalue weighted by Crippen LogP contribution is 2.43. The number of phosphoric acid groups is 1. The number of likely N-dealkylation sites (N-methyl/N-ethyl adjacent to an activating group) is 1. The smallest absolute Gasteiger partial charge is 0.457 e. The summed E-state index contributed by atoms with van der Waals surface area (Å²) in [5.41, 5.74) is 0. The number of aldehydes is 1. The fraction of sp³-hybridized carbons (Fsp3) is 0.844. The summed E-state index contributed by atoms with van der Waals surface area (Å²) >= 11 is 0. The molecule has 0 bridgehead atoms. The van der Waals surface area contributed by atoms with Crippen molar-refractivity contribution in [3.63, 3.8) is 0 Å². The number of carbonyl (C=O) groups is 3. The molecule has 0 aliphatic heterocycles. The molecule has 1 N–H and O–H groups in total. The molecule has 0 aliphatic carbocycles. The molecule has 0 aromatic rings. The maximum Gasteiger partial charge on any atom is 0.472 e. The van der Waals surface area contributed by atoms with E-state index in [1.165, 1.54) is 70.6 Å². The third-order valence-corrected chi connectivity index (χ3v) is 7.83. The molecular formula is C32H61NO9P+. The number of allylic oxidation sites excluding steroid dienone is 2. The van der Waals surface area contributed by atoms with Gasteiger partial charge in [0.2, 0.25) is 0 Å². The van der Waals surface area contributed by atoms with E-state index in [2.05, 4.69) is 6.92 Å². The first-order valence-electron chi connectivity index (χ1n) is 16.3. The molecule has 0 aromatic heterocycles. The third-order valence-electron chi connectivity index (χ3n) is 6.85. The summed E-state index contributed by atoms with van der Waals surface area (Å²) in [5.74, 6) is -0.830. The summed E-state index contributed by atoms with van der Waals surface area (Å²) in [6.07, 6.45) is 19.9. The van der Waals surface area contributed by atoms with E-state index < -0.39 is 19.9 Å². The summed E-state index contributed by atoms with van der Waals surface area (Å²) in [4.78, 5) is 44.3. The summed E-state index contributed by atoms with van der Waals surface area (Å²) in [5, 5.41) is 0. The zero-order valence-corrected chi connectivity index (χ0v) is 28.4. The van der Waals surface area contributed by atoms with E-state index in [-0.39, 0.29) is 44.9 Å². The van der Waals surface area contributed by atoms with Gasteiger partial charge in [-0.15, -0.1) is 0 Å². The van der Waals surface area contributed by atoms with Crippen molar-refractivity contribution in [3.8, 4) is 0 Å². The molecule has 11 heteroatoms. The molecule has 43 heavy (non-hydrogen) atoms. The number of rotatable bonds is 31. The van der Waals surface area contributed by atoms with Crippen LogP contribution < -0.4 is 0 Å². The van der Waals surface area contributed by atoms with Crippen molar-refractivity contribution < 1.29 is 46.8 Å². The van der Waals surface area contributed by atoms with Crippen LogP contribution in [0, 0.1) is 0 Å². The van der Waals surface area contributed by atoms with Gasteiger partial charge in [0.05, 0.1) is 34.4 Å². The van der Waals surface area contributed by atoms with Crippen LogP contribution in [0.5, 0.6) is 0 Å². The van der Waals surface area contributed by atoms with E-state index in [1.54, 1.807) is 0 Å². The molecule has 1 unspecified atom stereocenters. The molecule has 0 aliphatic rings. The average molecular weight is 635 g/mol. The van der Waals surface area contributed by atoms with Crippen molar-refractivity contribution in [1.82, 2.24) is 0 Å². The van der Waals surface area contributed by atoms with Crippen molar-refractivity contribution in [3.05, 3.63) is 12.2 Å². The second kappa shape index (κ2) is 26.9. The standard InChI is InChI=1S/C32H60NO9P/c1-5-6-7-8-9-10-11-12-13-14-15-16-17-18-26-39-28-31(29-41-43(37,38)40-27-24-33(2,3)4)42-32(36)23-19-21-30(35)22-20-25-34/h20,22,25,31H,5-19,21,23-24,26-29H2,1-4H3/p+1/b22-20+/t31-/m1/s1. The number of hydrogen-bond donors (Lipinski definition) is 1. The second-order valence-electron chi connectivity index (χ2n) is 12.2. The van der Waals surface area contributed by atoms with E-state index in [0.717, 1.165) is 31.4 Å². The summed E-state index contributed by atoms with van der Waals surface area (Å²) < 4.78 is 34.1. The van der Waals surface area contributed by atoms with Gasteiger partial charge >= 0.3 is 13.8 Å². The molecule has 0 amide bonds. The van der Waals surface area contributed by atoms with Crippen LogP contribution in [0.3, 0.4) is 0 Å². The number of carbonyl (C=O) groups excluding carboxylic acids is 3. The lowest BCUT2D eigenvalue weighted by atomic mass is 10.0. The van der Waals surface area contributed by atoms with Crippen LogP contribution in [0.1, 0.15) is 116 Å². The highest BCUT2D eigenvalue weighted by molar-refractivity contribution is 7.47. The number of ketones is 1. The van der Waals surface area contributed by atoms with Crippen molar-refractivity contribution in [1.29, 1.82) is 0 Å². The molecular weight excluding hydrogens is 573 g/mol. The molecule has 0 saturated carbocycles. The van der Waals surface area contributed by atoms with Gasteiger partial charge in [-0.25, -0.2) is 4.57 Å². The van der Waals surface area contributed by atoms with E-state index in [4.69, 9.17) is 18.5 Å². The number of phosphoric ester groups is 1. The largest absolute Gasteiger partial charge is 0.472 e. The van der Waals surface area contributed by atoms with Crippen molar-refractivity contribution in [2.75, 3.05) is 54.1 Å². The first-order valence-corrected chi connectivity index (χ1v) is 17.8. The Balaban J connectivity index is 4.32. The van der Waals surface area contributed by atoms with E-state index in [0.29, 0.717) is 23.9 Å². The topological polar surface area (TPSA) is 125 Å². The number of hydrogen-bond acceptors (Lipinski definition) is 8. The lowest BCUT2D eigenvalue weighted by molar-refractivity contribution is -0.870. The van der Waals surface area contributed by atoms with Gasteiger partial charge in [0.25, 0.3) is 0 Å². The third kappa shape index (κ3) is 30.4. The maximum atomic E-state index is 12.3. The Bertz CT molecular complexity index is 798. The van der Waals surface area contributed by atoms with Gasteiger partial charge in [-0.2, -0.15) is 0 Å². The van der Waals surface area contributed by atoms with Gasteiger partial charge in [0, 0.05) is 19.4 Å². The van der Waals surface area contributed by atoms with Gasteiger partial charge in [-0.1, -0.05) is 90.4 Å². The Labute approximate surface area is 261 Å². The van der Waals surface area contributed by atoms with Crippen LogP contribution in [0.2, 0.25) is 0 Å². The van der Waals surface area contributed by atoms with Crippen LogP contribution in [-0.2, 0) is 37.5 Å². The molecule has 0 radical (unpaired) electrons. The fourth-order valence-electron chi connectivity index (χ4n) is 4.26. The van der Waals surface area contributed by atoms with Gasteiger partial charge in [-0.3, -0.25) is 23.4 Å². The van der Waals surface area contributed by atoms with Crippen LogP contribution in [0.4, 0.5) is 0 Å². The number of nitrogens with zero attached hydrogens (tertiary/aromatic N) is 1. The normalized spacial score (nSPS) is 14.1. The van der Waals surface area contributed by atoms with E-state index in [1.807, 2.05) is 21.1 Å². The van der Waals surface area contributed by atoms with Crippen LogP contribution in [0.25, 0.3) is 0 Å². The van der Waals surface area contributed by atoms with Gasteiger partial charge < -0.3 is 18.9 Å². The minimum Gasteiger partial charge on any atom is -0.457 e. The molecule has 0 saturated heterocycles. The lowest BCUT2D eigenvalue weighted by Crippen LogP contribution is -2.37. The molecule has 0 spiro atoms. The average Bonchev–Trinajstić information content (AvgIpc) is 2.93. The Kier molecular flexibility index (Phi) is 26.0. The number of ether oxygens (including phenoxy) is 2. The first-order chi connectivity index (χ1) is 20.5. The molecule has 2 atom stereocenters. The van der Waals surface area contributed by atoms with Crippen molar-refractivity contribution >= 4 is 25.9 Å². The molecule has 0 rings (SSSR count).